The van der Waals surface area contributed by atoms with E-state index in [4.69, 9.17) is 16.7 Å². The number of benzene rings is 1. The van der Waals surface area contributed by atoms with Crippen molar-refractivity contribution in [1.29, 1.82) is 0 Å². The van der Waals surface area contributed by atoms with Crippen LogP contribution in [0.25, 0.3) is 0 Å². The smallest absolute Gasteiger partial charge is 0.156 e. The first-order valence-corrected chi connectivity index (χ1v) is 5.21. The molecule has 0 fully saturated rings. The minimum atomic E-state index is -0.476. The van der Waals surface area contributed by atoms with Crippen molar-refractivity contribution in [2.75, 3.05) is 5.32 Å². The van der Waals surface area contributed by atoms with Crippen molar-refractivity contribution in [3.8, 4) is 0 Å². The van der Waals surface area contributed by atoms with E-state index in [1.54, 1.807) is 12.1 Å². The average molecular weight is 254 g/mol. The lowest BCUT2D eigenvalue weighted by Crippen LogP contribution is -1.99. The van der Waals surface area contributed by atoms with Crippen LogP contribution in [-0.4, -0.2) is 15.1 Å². The number of aliphatic hydroxyl groups excluding tert-OH is 1. The number of aliphatic hydroxyl groups is 1. The van der Waals surface area contributed by atoms with Gasteiger partial charge in [-0.2, -0.15) is 0 Å². The molecule has 6 heteroatoms. The number of anilines is 2. The van der Waals surface area contributed by atoms with Crippen molar-refractivity contribution in [2.45, 2.75) is 6.61 Å². The zero-order valence-electron chi connectivity index (χ0n) is 8.69. The minimum Gasteiger partial charge on any atom is -0.388 e. The monoisotopic (exact) mass is 253 g/mol. The average Bonchev–Trinajstić information content (AvgIpc) is 2.34. The Morgan fingerprint density at radius 3 is 2.88 bits per heavy atom. The van der Waals surface area contributed by atoms with Crippen molar-refractivity contribution in [2.24, 2.45) is 0 Å². The van der Waals surface area contributed by atoms with Gasteiger partial charge in [0.2, 0.25) is 0 Å². The summed E-state index contributed by atoms with van der Waals surface area (Å²) in [5.74, 6) is 0.339. The molecule has 1 aromatic heterocycles. The third-order valence-electron chi connectivity index (χ3n) is 2.04. The summed E-state index contributed by atoms with van der Waals surface area (Å²) in [4.78, 5) is 7.87. The standard InChI is InChI=1S/C11H9ClFN3O/c12-8-5-7(1-2-9(8)13)15-10-3-4-14-11(6-17)16-10/h1-5,17H,6H2,(H,14,15,16). The Hall–Kier alpha value is -1.72. The maximum atomic E-state index is 12.9. The fourth-order valence-electron chi connectivity index (χ4n) is 1.27. The van der Waals surface area contributed by atoms with E-state index in [2.05, 4.69) is 15.3 Å². The van der Waals surface area contributed by atoms with Gasteiger partial charge in [0.25, 0.3) is 0 Å². The fraction of sp³-hybridized carbons (Fsp3) is 0.0909. The summed E-state index contributed by atoms with van der Waals surface area (Å²) in [6, 6.07) is 5.90. The first-order valence-electron chi connectivity index (χ1n) is 4.84. The van der Waals surface area contributed by atoms with Crippen molar-refractivity contribution >= 4 is 23.1 Å². The summed E-state index contributed by atoms with van der Waals surface area (Å²) in [6.07, 6.45) is 1.52. The Morgan fingerprint density at radius 1 is 1.35 bits per heavy atom. The van der Waals surface area contributed by atoms with Crippen LogP contribution in [0.3, 0.4) is 0 Å². The molecule has 0 amide bonds. The molecule has 0 aliphatic rings. The minimum absolute atomic E-state index is 0.0337. The Kier molecular flexibility index (Phi) is 3.51. The Morgan fingerprint density at radius 2 is 2.18 bits per heavy atom. The molecule has 2 N–H and O–H groups in total. The van der Waals surface area contributed by atoms with E-state index in [1.165, 1.54) is 18.3 Å². The van der Waals surface area contributed by atoms with Gasteiger partial charge in [-0.1, -0.05) is 11.6 Å². The quantitative estimate of drug-likeness (QED) is 0.882. The summed E-state index contributed by atoms with van der Waals surface area (Å²) >= 11 is 5.65. The van der Waals surface area contributed by atoms with Crippen LogP contribution in [0.5, 0.6) is 0 Å². The van der Waals surface area contributed by atoms with E-state index in [-0.39, 0.29) is 11.6 Å². The molecule has 0 spiro atoms. The van der Waals surface area contributed by atoms with Gasteiger partial charge in [0.15, 0.2) is 5.82 Å². The van der Waals surface area contributed by atoms with E-state index in [1.807, 2.05) is 0 Å². The summed E-state index contributed by atoms with van der Waals surface area (Å²) in [7, 11) is 0. The second-order valence-corrected chi connectivity index (χ2v) is 3.68. The van der Waals surface area contributed by atoms with Crippen LogP contribution in [0.15, 0.2) is 30.5 Å². The van der Waals surface area contributed by atoms with E-state index in [9.17, 15) is 4.39 Å². The largest absolute Gasteiger partial charge is 0.388 e. The van der Waals surface area contributed by atoms with Crippen LogP contribution < -0.4 is 5.32 Å². The number of aromatic nitrogens is 2. The number of hydrogen-bond donors (Lipinski definition) is 2. The first kappa shape index (κ1) is 11.8. The first-order chi connectivity index (χ1) is 8.19. The summed E-state index contributed by atoms with van der Waals surface area (Å²) in [5, 5.41) is 11.9. The molecule has 0 saturated heterocycles. The zero-order chi connectivity index (χ0) is 12.3. The lowest BCUT2D eigenvalue weighted by Gasteiger charge is -2.06. The van der Waals surface area contributed by atoms with Gasteiger partial charge >= 0.3 is 0 Å². The van der Waals surface area contributed by atoms with Gasteiger partial charge in [-0.3, -0.25) is 0 Å². The van der Waals surface area contributed by atoms with E-state index in [0.717, 1.165) is 0 Å². The SMILES string of the molecule is OCc1nccc(Nc2ccc(F)c(Cl)c2)n1. The highest BCUT2D eigenvalue weighted by Crippen LogP contribution is 2.21. The highest BCUT2D eigenvalue weighted by atomic mass is 35.5. The molecule has 2 aromatic rings. The molecule has 0 saturated carbocycles. The van der Waals surface area contributed by atoms with Crippen LogP contribution in [0.2, 0.25) is 5.02 Å². The molecule has 0 atom stereocenters. The van der Waals surface area contributed by atoms with Crippen LogP contribution in [0.4, 0.5) is 15.9 Å². The third-order valence-corrected chi connectivity index (χ3v) is 2.33. The second kappa shape index (κ2) is 5.07. The zero-order valence-corrected chi connectivity index (χ0v) is 9.45. The van der Waals surface area contributed by atoms with Crippen LogP contribution in [-0.2, 0) is 6.61 Å². The number of halogens is 2. The fourth-order valence-corrected chi connectivity index (χ4v) is 1.45. The van der Waals surface area contributed by atoms with Crippen molar-refractivity contribution < 1.29 is 9.50 Å². The molecule has 0 aliphatic heterocycles. The summed E-state index contributed by atoms with van der Waals surface area (Å²) < 4.78 is 12.9. The second-order valence-electron chi connectivity index (χ2n) is 3.27. The van der Waals surface area contributed by atoms with Gasteiger partial charge < -0.3 is 10.4 Å². The van der Waals surface area contributed by atoms with Crippen molar-refractivity contribution in [3.05, 3.63) is 47.1 Å². The summed E-state index contributed by atoms with van der Waals surface area (Å²) in [5.41, 5.74) is 0.610. The maximum Gasteiger partial charge on any atom is 0.156 e. The van der Waals surface area contributed by atoms with Crippen LogP contribution in [0, 0.1) is 5.82 Å². The van der Waals surface area contributed by atoms with Gasteiger partial charge in [0.05, 0.1) is 5.02 Å². The topological polar surface area (TPSA) is 58.0 Å². The van der Waals surface area contributed by atoms with Crippen molar-refractivity contribution in [1.82, 2.24) is 9.97 Å². The molecular weight excluding hydrogens is 245 g/mol. The van der Waals surface area contributed by atoms with E-state index in [0.29, 0.717) is 17.3 Å². The van der Waals surface area contributed by atoms with Gasteiger partial charge in [-0.05, 0) is 24.3 Å². The lowest BCUT2D eigenvalue weighted by atomic mass is 10.3. The Labute approximate surface area is 102 Å². The van der Waals surface area contributed by atoms with E-state index < -0.39 is 5.82 Å². The number of hydrogen-bond acceptors (Lipinski definition) is 4. The lowest BCUT2D eigenvalue weighted by molar-refractivity contribution is 0.271. The molecule has 2 rings (SSSR count). The number of nitrogens with zero attached hydrogens (tertiary/aromatic N) is 2. The molecule has 4 nitrogen and oxygen atoms in total. The summed E-state index contributed by atoms with van der Waals surface area (Å²) in [6.45, 7) is -0.236. The maximum absolute atomic E-state index is 12.9. The Bertz CT molecular complexity index is 536. The molecule has 88 valence electrons. The van der Waals surface area contributed by atoms with Gasteiger partial charge in [0.1, 0.15) is 18.2 Å². The van der Waals surface area contributed by atoms with Crippen LogP contribution in [0.1, 0.15) is 5.82 Å². The molecular formula is C11H9ClFN3O. The molecule has 0 unspecified atom stereocenters. The molecule has 0 bridgehead atoms. The number of rotatable bonds is 3. The predicted molar refractivity (Wildman–Crippen MR) is 62.6 cm³/mol. The highest BCUT2D eigenvalue weighted by molar-refractivity contribution is 6.31. The molecule has 17 heavy (non-hydrogen) atoms. The Balaban J connectivity index is 2.22. The van der Waals surface area contributed by atoms with Gasteiger partial charge in [-0.15, -0.1) is 0 Å². The molecule has 1 heterocycles. The van der Waals surface area contributed by atoms with Gasteiger partial charge in [-0.25, -0.2) is 14.4 Å². The predicted octanol–water partition coefficient (Wildman–Crippen LogP) is 2.50. The molecule has 0 aliphatic carbocycles. The van der Waals surface area contributed by atoms with Crippen molar-refractivity contribution in [3.63, 3.8) is 0 Å². The van der Waals surface area contributed by atoms with Gasteiger partial charge in [0, 0.05) is 11.9 Å². The van der Waals surface area contributed by atoms with Crippen LogP contribution >= 0.6 is 11.6 Å². The number of nitrogens with one attached hydrogen (secondary N) is 1. The third kappa shape index (κ3) is 2.89. The normalized spacial score (nSPS) is 10.3. The molecule has 1 aromatic carbocycles. The highest BCUT2D eigenvalue weighted by Gasteiger charge is 2.02. The van der Waals surface area contributed by atoms with E-state index >= 15 is 0 Å². The molecule has 0 radical (unpaired) electrons.